The quantitative estimate of drug-likeness (QED) is 0.774. The summed E-state index contributed by atoms with van der Waals surface area (Å²) in [6, 6.07) is 0.488. The molecule has 3 rings (SSSR count). The van der Waals surface area contributed by atoms with Crippen LogP contribution in [-0.4, -0.2) is 24.0 Å². The van der Waals surface area contributed by atoms with Gasteiger partial charge in [-0.05, 0) is 37.5 Å². The smallest absolute Gasteiger partial charge is 0.0249 e. The van der Waals surface area contributed by atoms with Gasteiger partial charge in [0.2, 0.25) is 0 Å². The van der Waals surface area contributed by atoms with Gasteiger partial charge in [-0.2, -0.15) is 0 Å². The SMILES string of the molecule is C=C(C1CCC(C)C1)N1CC2(CC(N)C2)C1. The van der Waals surface area contributed by atoms with E-state index in [1.165, 1.54) is 50.9 Å². The summed E-state index contributed by atoms with van der Waals surface area (Å²) in [5, 5.41) is 0. The first kappa shape index (κ1) is 10.6. The lowest BCUT2D eigenvalue weighted by molar-refractivity contribution is -0.0560. The van der Waals surface area contributed by atoms with Crippen LogP contribution in [0.25, 0.3) is 0 Å². The van der Waals surface area contributed by atoms with Gasteiger partial charge in [-0.25, -0.2) is 0 Å². The van der Waals surface area contributed by atoms with Crippen LogP contribution in [0.5, 0.6) is 0 Å². The first-order valence-electron chi connectivity index (χ1n) is 6.77. The van der Waals surface area contributed by atoms with Crippen LogP contribution in [0.3, 0.4) is 0 Å². The Hall–Kier alpha value is -0.500. The number of nitrogens with two attached hydrogens (primary N) is 1. The van der Waals surface area contributed by atoms with Crippen molar-refractivity contribution in [1.29, 1.82) is 0 Å². The molecule has 1 spiro atoms. The Morgan fingerprint density at radius 2 is 2.00 bits per heavy atom. The summed E-state index contributed by atoms with van der Waals surface area (Å²) in [5.41, 5.74) is 7.91. The number of nitrogens with zero attached hydrogens (tertiary/aromatic N) is 1. The summed E-state index contributed by atoms with van der Waals surface area (Å²) in [6.07, 6.45) is 6.62. The largest absolute Gasteiger partial charge is 0.374 e. The zero-order chi connectivity index (χ0) is 11.3. The maximum atomic E-state index is 5.88. The summed E-state index contributed by atoms with van der Waals surface area (Å²) < 4.78 is 0. The van der Waals surface area contributed by atoms with Gasteiger partial charge in [0.1, 0.15) is 0 Å². The van der Waals surface area contributed by atoms with Crippen LogP contribution in [0.15, 0.2) is 12.3 Å². The van der Waals surface area contributed by atoms with Gasteiger partial charge in [0.25, 0.3) is 0 Å². The van der Waals surface area contributed by atoms with Gasteiger partial charge in [0.05, 0.1) is 0 Å². The van der Waals surface area contributed by atoms with Gasteiger partial charge in [-0.3, -0.25) is 0 Å². The minimum atomic E-state index is 0.488. The molecule has 0 radical (unpaired) electrons. The maximum Gasteiger partial charge on any atom is 0.0249 e. The summed E-state index contributed by atoms with van der Waals surface area (Å²) in [5.74, 6) is 1.69. The van der Waals surface area contributed by atoms with Gasteiger partial charge in [-0.1, -0.05) is 19.9 Å². The van der Waals surface area contributed by atoms with Crippen molar-refractivity contribution in [1.82, 2.24) is 4.90 Å². The van der Waals surface area contributed by atoms with Crippen LogP contribution in [0.2, 0.25) is 0 Å². The third-order valence-electron chi connectivity index (χ3n) is 5.02. The summed E-state index contributed by atoms with van der Waals surface area (Å²) in [6.45, 7) is 9.18. The predicted molar refractivity (Wildman–Crippen MR) is 66.9 cm³/mol. The van der Waals surface area contributed by atoms with E-state index >= 15 is 0 Å². The Bertz CT molecular complexity index is 296. The van der Waals surface area contributed by atoms with E-state index in [1.807, 2.05) is 0 Å². The third-order valence-corrected chi connectivity index (χ3v) is 5.02. The van der Waals surface area contributed by atoms with E-state index in [-0.39, 0.29) is 0 Å². The topological polar surface area (TPSA) is 29.3 Å². The van der Waals surface area contributed by atoms with E-state index in [1.54, 1.807) is 0 Å². The molecular weight excluding hydrogens is 196 g/mol. The molecule has 2 nitrogen and oxygen atoms in total. The number of hydrogen-bond acceptors (Lipinski definition) is 2. The van der Waals surface area contributed by atoms with Crippen molar-refractivity contribution in [3.05, 3.63) is 12.3 Å². The summed E-state index contributed by atoms with van der Waals surface area (Å²) in [7, 11) is 0. The molecule has 2 heteroatoms. The molecule has 0 bridgehead atoms. The number of rotatable bonds is 2. The number of likely N-dealkylation sites (tertiary alicyclic amines) is 1. The van der Waals surface area contributed by atoms with Crippen LogP contribution >= 0.6 is 0 Å². The molecule has 1 saturated heterocycles. The fraction of sp³-hybridized carbons (Fsp3) is 0.857. The average Bonchev–Trinajstić information content (AvgIpc) is 2.55. The van der Waals surface area contributed by atoms with Gasteiger partial charge in [0.15, 0.2) is 0 Å². The molecule has 2 saturated carbocycles. The van der Waals surface area contributed by atoms with Crippen LogP contribution < -0.4 is 5.73 Å². The minimum absolute atomic E-state index is 0.488. The molecule has 0 aromatic heterocycles. The number of allylic oxidation sites excluding steroid dienone is 1. The van der Waals surface area contributed by atoms with E-state index < -0.39 is 0 Å². The van der Waals surface area contributed by atoms with Crippen molar-refractivity contribution < 1.29 is 0 Å². The highest BCUT2D eigenvalue weighted by atomic mass is 15.2. The highest BCUT2D eigenvalue weighted by Crippen LogP contribution is 2.50. The van der Waals surface area contributed by atoms with E-state index in [0.29, 0.717) is 11.5 Å². The van der Waals surface area contributed by atoms with Crippen LogP contribution in [0.4, 0.5) is 0 Å². The monoisotopic (exact) mass is 220 g/mol. The van der Waals surface area contributed by atoms with Crippen molar-refractivity contribution in [2.45, 2.75) is 45.1 Å². The molecule has 3 fully saturated rings. The molecule has 16 heavy (non-hydrogen) atoms. The normalized spacial score (nSPS) is 37.2. The van der Waals surface area contributed by atoms with Crippen molar-refractivity contribution in [3.8, 4) is 0 Å². The van der Waals surface area contributed by atoms with Crippen molar-refractivity contribution in [2.75, 3.05) is 13.1 Å². The second-order valence-electron chi connectivity index (χ2n) is 6.63. The van der Waals surface area contributed by atoms with Gasteiger partial charge < -0.3 is 10.6 Å². The molecule has 2 atom stereocenters. The second kappa shape index (κ2) is 3.49. The molecule has 90 valence electrons. The molecule has 0 aromatic rings. The van der Waals surface area contributed by atoms with Crippen LogP contribution in [0.1, 0.15) is 39.0 Å². The predicted octanol–water partition coefficient (Wildman–Crippen LogP) is 2.36. The summed E-state index contributed by atoms with van der Waals surface area (Å²) >= 11 is 0. The zero-order valence-corrected chi connectivity index (χ0v) is 10.4. The Morgan fingerprint density at radius 1 is 1.31 bits per heavy atom. The Labute approximate surface area is 98.9 Å². The lowest BCUT2D eigenvalue weighted by Crippen LogP contribution is -2.65. The Kier molecular flexibility index (Phi) is 2.32. The molecule has 1 heterocycles. The van der Waals surface area contributed by atoms with Gasteiger partial charge in [0, 0.05) is 30.2 Å². The van der Waals surface area contributed by atoms with Crippen molar-refractivity contribution >= 4 is 0 Å². The fourth-order valence-corrected chi connectivity index (χ4v) is 4.05. The van der Waals surface area contributed by atoms with E-state index in [4.69, 9.17) is 5.73 Å². The Balaban J connectivity index is 1.51. The molecule has 2 N–H and O–H groups in total. The molecule has 2 unspecified atom stereocenters. The molecule has 3 aliphatic rings. The first-order valence-corrected chi connectivity index (χ1v) is 6.77. The highest BCUT2D eigenvalue weighted by Gasteiger charge is 2.51. The third kappa shape index (κ3) is 1.58. The standard InChI is InChI=1S/C14H24N2/c1-10-3-4-12(5-10)11(2)16-8-14(9-16)6-13(15)7-14/h10,12-13H,2-9,15H2,1H3. The second-order valence-corrected chi connectivity index (χ2v) is 6.63. The van der Waals surface area contributed by atoms with Gasteiger partial charge in [-0.15, -0.1) is 0 Å². The van der Waals surface area contributed by atoms with Crippen molar-refractivity contribution in [3.63, 3.8) is 0 Å². The Morgan fingerprint density at radius 3 is 2.50 bits per heavy atom. The van der Waals surface area contributed by atoms with E-state index in [0.717, 1.165) is 11.8 Å². The molecule has 1 aliphatic heterocycles. The molecule has 0 aromatic carbocycles. The van der Waals surface area contributed by atoms with E-state index in [2.05, 4.69) is 18.4 Å². The van der Waals surface area contributed by atoms with E-state index in [9.17, 15) is 0 Å². The van der Waals surface area contributed by atoms with Crippen LogP contribution in [-0.2, 0) is 0 Å². The first-order chi connectivity index (χ1) is 7.58. The average molecular weight is 220 g/mol. The summed E-state index contributed by atoms with van der Waals surface area (Å²) in [4.78, 5) is 2.52. The molecular formula is C14H24N2. The fourth-order valence-electron chi connectivity index (χ4n) is 4.05. The zero-order valence-electron chi connectivity index (χ0n) is 10.4. The lowest BCUT2D eigenvalue weighted by Gasteiger charge is -2.60. The molecule has 2 aliphatic carbocycles. The van der Waals surface area contributed by atoms with Gasteiger partial charge >= 0.3 is 0 Å². The minimum Gasteiger partial charge on any atom is -0.374 e. The lowest BCUT2D eigenvalue weighted by atomic mass is 9.60. The number of hydrogen-bond donors (Lipinski definition) is 1. The highest BCUT2D eigenvalue weighted by molar-refractivity contribution is 5.15. The molecule has 0 amide bonds. The maximum absolute atomic E-state index is 5.88. The van der Waals surface area contributed by atoms with Crippen molar-refractivity contribution in [2.24, 2.45) is 23.0 Å². The van der Waals surface area contributed by atoms with Crippen LogP contribution in [0, 0.1) is 17.3 Å².